The zero-order valence-electron chi connectivity index (χ0n) is 6.54. The lowest BCUT2D eigenvalue weighted by Gasteiger charge is -2.10. The number of rotatable bonds is 0. The van der Waals surface area contributed by atoms with Crippen LogP contribution in [-0.2, 0) is 6.42 Å². The second-order valence-electron chi connectivity index (χ2n) is 2.88. The molecular weight excluding hydrogens is 136 g/mol. The van der Waals surface area contributed by atoms with Crippen LogP contribution in [0.3, 0.4) is 0 Å². The Morgan fingerprint density at radius 2 is 2.00 bits per heavy atom. The maximum absolute atomic E-state index is 4.25. The van der Waals surface area contributed by atoms with E-state index >= 15 is 0 Å². The third-order valence-electron chi connectivity index (χ3n) is 1.95. The first-order valence-corrected chi connectivity index (χ1v) is 3.83. The maximum Gasteiger partial charge on any atom is 0.0844 e. The van der Waals surface area contributed by atoms with Crippen LogP contribution < -0.4 is 0 Å². The Balaban J connectivity index is 2.51. The summed E-state index contributed by atoms with van der Waals surface area (Å²) < 4.78 is 0. The van der Waals surface area contributed by atoms with Gasteiger partial charge in [-0.2, -0.15) is 0 Å². The number of aromatic nitrogens is 2. The minimum atomic E-state index is 1.05. The summed E-state index contributed by atoms with van der Waals surface area (Å²) in [6.07, 6.45) is 7.80. The number of hydrogen-bond donors (Lipinski definition) is 0. The topological polar surface area (TPSA) is 25.8 Å². The SMILES string of the molecule is CC1=Cc2nccnc2CC1. The maximum atomic E-state index is 4.25. The molecule has 0 spiro atoms. The van der Waals surface area contributed by atoms with Crippen molar-refractivity contribution in [3.63, 3.8) is 0 Å². The fourth-order valence-corrected chi connectivity index (χ4v) is 1.31. The first kappa shape index (κ1) is 6.53. The fraction of sp³-hybridized carbons (Fsp3) is 0.333. The van der Waals surface area contributed by atoms with E-state index in [2.05, 4.69) is 23.0 Å². The molecule has 1 aromatic heterocycles. The number of allylic oxidation sites excluding steroid dienone is 1. The molecule has 1 aliphatic carbocycles. The summed E-state index contributed by atoms with van der Waals surface area (Å²) in [7, 11) is 0. The second-order valence-corrected chi connectivity index (χ2v) is 2.88. The van der Waals surface area contributed by atoms with Crippen LogP contribution in [0.1, 0.15) is 24.7 Å². The van der Waals surface area contributed by atoms with E-state index in [1.807, 2.05) is 0 Å². The summed E-state index contributed by atoms with van der Waals surface area (Å²) in [5.74, 6) is 0. The van der Waals surface area contributed by atoms with Crippen LogP contribution in [0, 0.1) is 0 Å². The molecule has 0 N–H and O–H groups in total. The van der Waals surface area contributed by atoms with E-state index in [1.165, 1.54) is 5.57 Å². The van der Waals surface area contributed by atoms with Crippen LogP contribution in [0.15, 0.2) is 18.0 Å². The highest BCUT2D eigenvalue weighted by molar-refractivity contribution is 5.53. The molecule has 1 aliphatic rings. The molecule has 2 rings (SSSR count). The van der Waals surface area contributed by atoms with Gasteiger partial charge < -0.3 is 0 Å². The van der Waals surface area contributed by atoms with Crippen LogP contribution in [0.4, 0.5) is 0 Å². The molecule has 0 bridgehead atoms. The second kappa shape index (κ2) is 2.46. The van der Waals surface area contributed by atoms with Crippen LogP contribution in [0.25, 0.3) is 6.08 Å². The highest BCUT2D eigenvalue weighted by atomic mass is 14.8. The molecule has 0 atom stereocenters. The fourth-order valence-electron chi connectivity index (χ4n) is 1.31. The van der Waals surface area contributed by atoms with Crippen LogP contribution >= 0.6 is 0 Å². The normalized spacial score (nSPS) is 15.5. The average Bonchev–Trinajstić information content (AvgIpc) is 2.04. The van der Waals surface area contributed by atoms with Crippen molar-refractivity contribution < 1.29 is 0 Å². The van der Waals surface area contributed by atoms with Crippen molar-refractivity contribution in [2.75, 3.05) is 0 Å². The highest BCUT2D eigenvalue weighted by Gasteiger charge is 2.08. The van der Waals surface area contributed by atoms with Gasteiger partial charge in [0.1, 0.15) is 0 Å². The summed E-state index contributed by atoms with van der Waals surface area (Å²) in [6.45, 7) is 2.14. The predicted octanol–water partition coefficient (Wildman–Crippen LogP) is 1.83. The Morgan fingerprint density at radius 3 is 2.91 bits per heavy atom. The van der Waals surface area contributed by atoms with Crippen molar-refractivity contribution in [1.82, 2.24) is 9.97 Å². The monoisotopic (exact) mass is 146 g/mol. The molecule has 0 aromatic carbocycles. The number of aryl methyl sites for hydroxylation is 1. The molecule has 56 valence electrons. The Kier molecular flexibility index (Phi) is 1.46. The van der Waals surface area contributed by atoms with Gasteiger partial charge in [-0.3, -0.25) is 9.97 Å². The zero-order valence-corrected chi connectivity index (χ0v) is 6.54. The van der Waals surface area contributed by atoms with E-state index in [0.717, 1.165) is 24.2 Å². The highest BCUT2D eigenvalue weighted by Crippen LogP contribution is 2.18. The largest absolute Gasteiger partial charge is 0.257 e. The van der Waals surface area contributed by atoms with Crippen molar-refractivity contribution in [3.05, 3.63) is 29.4 Å². The van der Waals surface area contributed by atoms with Gasteiger partial charge in [-0.05, 0) is 25.8 Å². The molecule has 0 unspecified atom stereocenters. The molecule has 2 heteroatoms. The minimum absolute atomic E-state index is 1.05. The van der Waals surface area contributed by atoms with Crippen molar-refractivity contribution in [2.45, 2.75) is 19.8 Å². The van der Waals surface area contributed by atoms with Crippen LogP contribution in [-0.4, -0.2) is 9.97 Å². The smallest absolute Gasteiger partial charge is 0.0844 e. The molecule has 0 saturated heterocycles. The molecule has 1 heterocycles. The van der Waals surface area contributed by atoms with Crippen LogP contribution in [0.2, 0.25) is 0 Å². The van der Waals surface area contributed by atoms with E-state index in [0.29, 0.717) is 0 Å². The molecule has 0 radical (unpaired) electrons. The molecule has 0 amide bonds. The van der Waals surface area contributed by atoms with Gasteiger partial charge in [0.2, 0.25) is 0 Å². The summed E-state index contributed by atoms with van der Waals surface area (Å²) in [5, 5.41) is 0. The lowest BCUT2D eigenvalue weighted by molar-refractivity contribution is 0.865. The standard InChI is InChI=1S/C9H10N2/c1-7-2-3-8-9(6-7)11-5-4-10-8/h4-6H,2-3H2,1H3. The van der Waals surface area contributed by atoms with Gasteiger partial charge in [0.15, 0.2) is 0 Å². The van der Waals surface area contributed by atoms with Gasteiger partial charge in [0, 0.05) is 12.4 Å². The van der Waals surface area contributed by atoms with E-state index in [9.17, 15) is 0 Å². The molecule has 0 aliphatic heterocycles. The third kappa shape index (κ3) is 1.16. The summed E-state index contributed by atoms with van der Waals surface area (Å²) in [6, 6.07) is 0. The van der Waals surface area contributed by atoms with Gasteiger partial charge in [-0.25, -0.2) is 0 Å². The summed E-state index contributed by atoms with van der Waals surface area (Å²) >= 11 is 0. The van der Waals surface area contributed by atoms with E-state index in [-0.39, 0.29) is 0 Å². The minimum Gasteiger partial charge on any atom is -0.257 e. The van der Waals surface area contributed by atoms with Crippen molar-refractivity contribution in [1.29, 1.82) is 0 Å². The van der Waals surface area contributed by atoms with E-state index in [4.69, 9.17) is 0 Å². The summed E-state index contributed by atoms with van der Waals surface area (Å²) in [5.41, 5.74) is 3.59. The zero-order chi connectivity index (χ0) is 7.68. The van der Waals surface area contributed by atoms with Crippen LogP contribution in [0.5, 0.6) is 0 Å². The van der Waals surface area contributed by atoms with Crippen molar-refractivity contribution in [2.24, 2.45) is 0 Å². The molecule has 2 nitrogen and oxygen atoms in total. The van der Waals surface area contributed by atoms with Gasteiger partial charge in [0.25, 0.3) is 0 Å². The molecular formula is C9H10N2. The lowest BCUT2D eigenvalue weighted by atomic mass is 10.0. The number of fused-ring (bicyclic) bond motifs is 1. The van der Waals surface area contributed by atoms with E-state index in [1.54, 1.807) is 12.4 Å². The quantitative estimate of drug-likeness (QED) is 0.558. The molecule has 0 fully saturated rings. The first-order chi connectivity index (χ1) is 5.36. The Morgan fingerprint density at radius 1 is 1.18 bits per heavy atom. The van der Waals surface area contributed by atoms with Gasteiger partial charge >= 0.3 is 0 Å². The number of nitrogens with zero attached hydrogens (tertiary/aromatic N) is 2. The average molecular weight is 146 g/mol. The van der Waals surface area contributed by atoms with E-state index < -0.39 is 0 Å². The third-order valence-corrected chi connectivity index (χ3v) is 1.95. The molecule has 1 aromatic rings. The Hall–Kier alpha value is -1.18. The molecule has 11 heavy (non-hydrogen) atoms. The van der Waals surface area contributed by atoms with Gasteiger partial charge in [-0.1, -0.05) is 5.57 Å². The van der Waals surface area contributed by atoms with Crippen molar-refractivity contribution >= 4 is 6.08 Å². The lowest BCUT2D eigenvalue weighted by Crippen LogP contribution is -2.01. The predicted molar refractivity (Wildman–Crippen MR) is 44.0 cm³/mol. The Bertz CT molecular complexity index is 302. The number of hydrogen-bond acceptors (Lipinski definition) is 2. The summed E-state index contributed by atoms with van der Waals surface area (Å²) in [4.78, 5) is 8.48. The molecule has 0 saturated carbocycles. The van der Waals surface area contributed by atoms with Gasteiger partial charge in [-0.15, -0.1) is 0 Å². The first-order valence-electron chi connectivity index (χ1n) is 3.83. The Labute approximate surface area is 66.0 Å². The van der Waals surface area contributed by atoms with Gasteiger partial charge in [0.05, 0.1) is 11.4 Å². The van der Waals surface area contributed by atoms with Crippen molar-refractivity contribution in [3.8, 4) is 0 Å².